The molecule has 4 heteroatoms. The minimum absolute atomic E-state index is 0.0867. The lowest BCUT2D eigenvalue weighted by Gasteiger charge is -2.13. The summed E-state index contributed by atoms with van der Waals surface area (Å²) in [6.45, 7) is 7.35. The van der Waals surface area contributed by atoms with Crippen LogP contribution in [0.15, 0.2) is 53.4 Å². The fourth-order valence-corrected chi connectivity index (χ4v) is 3.41. The molecule has 0 aliphatic heterocycles. The van der Waals surface area contributed by atoms with Crippen molar-refractivity contribution in [3.05, 3.63) is 59.7 Å². The Hall–Kier alpha value is -1.94. The van der Waals surface area contributed by atoms with Crippen LogP contribution >= 0.6 is 11.8 Å². The maximum Gasteiger partial charge on any atom is 0.233 e. The van der Waals surface area contributed by atoms with Crippen molar-refractivity contribution in [1.82, 2.24) is 5.32 Å². The molecule has 25 heavy (non-hydrogen) atoms. The van der Waals surface area contributed by atoms with Gasteiger partial charge >= 0.3 is 0 Å². The fraction of sp³-hybridized carbons (Fsp3) is 0.381. The normalized spacial score (nSPS) is 11.8. The Morgan fingerprint density at radius 3 is 2.60 bits per heavy atom. The van der Waals surface area contributed by atoms with Gasteiger partial charge in [-0.25, -0.2) is 0 Å². The average molecular weight is 358 g/mol. The highest BCUT2D eigenvalue weighted by atomic mass is 32.2. The number of rotatable bonds is 9. The van der Waals surface area contributed by atoms with Gasteiger partial charge in [-0.3, -0.25) is 4.79 Å². The molecule has 2 rings (SSSR count). The molecule has 1 atom stereocenters. The first-order valence-electron chi connectivity index (χ1n) is 8.82. The molecule has 0 aliphatic rings. The molecule has 3 nitrogen and oxygen atoms in total. The molecule has 0 saturated carbocycles. The number of nitrogens with one attached hydrogen (secondary N) is 1. The first-order chi connectivity index (χ1) is 12.1. The van der Waals surface area contributed by atoms with E-state index in [1.54, 1.807) is 11.8 Å². The average Bonchev–Trinajstić information content (AvgIpc) is 2.62. The predicted molar refractivity (Wildman–Crippen MR) is 105 cm³/mol. The smallest absolute Gasteiger partial charge is 0.233 e. The van der Waals surface area contributed by atoms with Gasteiger partial charge in [-0.05, 0) is 57.4 Å². The van der Waals surface area contributed by atoms with Gasteiger partial charge in [0, 0.05) is 11.4 Å². The molecule has 0 radical (unpaired) electrons. The van der Waals surface area contributed by atoms with Crippen molar-refractivity contribution in [3.8, 4) is 5.75 Å². The summed E-state index contributed by atoms with van der Waals surface area (Å²) >= 11 is 1.59. The van der Waals surface area contributed by atoms with Gasteiger partial charge in [0.15, 0.2) is 0 Å². The van der Waals surface area contributed by atoms with Gasteiger partial charge in [0.25, 0.3) is 0 Å². The van der Waals surface area contributed by atoms with Crippen molar-refractivity contribution in [1.29, 1.82) is 0 Å². The summed E-state index contributed by atoms with van der Waals surface area (Å²) in [6.07, 6.45) is 1.80. The van der Waals surface area contributed by atoms with Crippen molar-refractivity contribution >= 4 is 17.7 Å². The number of para-hydroxylation sites is 1. The molecule has 1 amide bonds. The zero-order valence-electron chi connectivity index (χ0n) is 15.2. The van der Waals surface area contributed by atoms with Crippen molar-refractivity contribution in [2.45, 2.75) is 43.8 Å². The molecule has 0 aromatic heterocycles. The number of benzene rings is 2. The van der Waals surface area contributed by atoms with Crippen LogP contribution in [0, 0.1) is 6.92 Å². The number of hydrogen-bond donors (Lipinski definition) is 1. The van der Waals surface area contributed by atoms with Gasteiger partial charge in [0.2, 0.25) is 5.91 Å². The number of hydrogen-bond acceptors (Lipinski definition) is 3. The Kier molecular flexibility index (Phi) is 7.86. The number of carbonyl (C=O) groups is 1. The summed E-state index contributed by atoms with van der Waals surface area (Å²) in [4.78, 5) is 13.4. The van der Waals surface area contributed by atoms with Crippen LogP contribution in [-0.4, -0.2) is 24.3 Å². The maximum absolute atomic E-state index is 12.2. The van der Waals surface area contributed by atoms with E-state index in [1.807, 2.05) is 32.0 Å². The lowest BCUT2D eigenvalue weighted by atomic mass is 10.1. The SMILES string of the molecule is CCOc1ccccc1CCCNC(=O)[C@H](C)Sc1ccc(C)cc1. The highest BCUT2D eigenvalue weighted by Gasteiger charge is 2.13. The van der Waals surface area contributed by atoms with Gasteiger partial charge in [0.05, 0.1) is 11.9 Å². The highest BCUT2D eigenvalue weighted by Crippen LogP contribution is 2.23. The number of carbonyl (C=O) groups excluding carboxylic acids is 1. The van der Waals surface area contributed by atoms with Crippen LogP contribution in [0.5, 0.6) is 5.75 Å². The van der Waals surface area contributed by atoms with Crippen LogP contribution < -0.4 is 10.1 Å². The first kappa shape index (κ1) is 19.4. The quantitative estimate of drug-likeness (QED) is 0.525. The molecule has 0 spiro atoms. The van der Waals surface area contributed by atoms with Gasteiger partial charge < -0.3 is 10.1 Å². The first-order valence-corrected chi connectivity index (χ1v) is 9.70. The van der Waals surface area contributed by atoms with Gasteiger partial charge in [-0.15, -0.1) is 11.8 Å². The number of amides is 1. The molecular formula is C21H27NO2S. The summed E-state index contributed by atoms with van der Waals surface area (Å²) in [5, 5.41) is 2.94. The topological polar surface area (TPSA) is 38.3 Å². The molecule has 0 saturated heterocycles. The van der Waals surface area contributed by atoms with Crippen LogP contribution in [0.2, 0.25) is 0 Å². The van der Waals surface area contributed by atoms with E-state index in [1.165, 1.54) is 11.1 Å². The van der Waals surface area contributed by atoms with E-state index in [0.717, 1.165) is 23.5 Å². The van der Waals surface area contributed by atoms with E-state index >= 15 is 0 Å². The molecule has 2 aromatic carbocycles. The van der Waals surface area contributed by atoms with Crippen molar-refractivity contribution in [2.24, 2.45) is 0 Å². The third-order valence-electron chi connectivity index (χ3n) is 3.90. The molecular weight excluding hydrogens is 330 g/mol. The summed E-state index contributed by atoms with van der Waals surface area (Å²) in [6, 6.07) is 16.4. The Morgan fingerprint density at radius 2 is 1.88 bits per heavy atom. The molecule has 0 fully saturated rings. The standard InChI is InChI=1S/C21H27NO2S/c1-4-24-20-10-6-5-8-18(20)9-7-15-22-21(23)17(3)25-19-13-11-16(2)12-14-19/h5-6,8,10-14,17H,4,7,9,15H2,1-3H3,(H,22,23)/t17-/m0/s1. The second-order valence-corrected chi connectivity index (χ2v) is 7.42. The van der Waals surface area contributed by atoms with Crippen LogP contribution in [0.1, 0.15) is 31.4 Å². The fourth-order valence-electron chi connectivity index (χ4n) is 2.52. The van der Waals surface area contributed by atoms with Gasteiger partial charge in [-0.1, -0.05) is 35.9 Å². The molecule has 134 valence electrons. The van der Waals surface area contributed by atoms with E-state index in [4.69, 9.17) is 4.74 Å². The van der Waals surface area contributed by atoms with Gasteiger partial charge in [0.1, 0.15) is 5.75 Å². The molecule has 1 N–H and O–H groups in total. The van der Waals surface area contributed by atoms with Crippen molar-refractivity contribution in [2.75, 3.05) is 13.2 Å². The summed E-state index contributed by atoms with van der Waals surface area (Å²) in [5.74, 6) is 1.03. The van der Waals surface area contributed by atoms with E-state index in [0.29, 0.717) is 13.2 Å². The minimum atomic E-state index is -0.0987. The molecule has 2 aromatic rings. The minimum Gasteiger partial charge on any atom is -0.494 e. The predicted octanol–water partition coefficient (Wildman–Crippen LogP) is 4.62. The van der Waals surface area contributed by atoms with E-state index in [2.05, 4.69) is 42.6 Å². The van der Waals surface area contributed by atoms with Crippen molar-refractivity contribution < 1.29 is 9.53 Å². The molecule has 0 aliphatic carbocycles. The summed E-state index contributed by atoms with van der Waals surface area (Å²) in [7, 11) is 0. The van der Waals surface area contributed by atoms with E-state index in [9.17, 15) is 4.79 Å². The Morgan fingerprint density at radius 1 is 1.16 bits per heavy atom. The Labute approximate surface area is 155 Å². The number of thioether (sulfide) groups is 1. The zero-order valence-corrected chi connectivity index (χ0v) is 16.1. The molecule has 0 heterocycles. The molecule has 0 bridgehead atoms. The number of aryl methyl sites for hydroxylation is 2. The second-order valence-electron chi connectivity index (χ2n) is 6.01. The lowest BCUT2D eigenvalue weighted by molar-refractivity contribution is -0.120. The van der Waals surface area contributed by atoms with Crippen molar-refractivity contribution in [3.63, 3.8) is 0 Å². The highest BCUT2D eigenvalue weighted by molar-refractivity contribution is 8.00. The van der Waals surface area contributed by atoms with Crippen LogP contribution in [0.4, 0.5) is 0 Å². The van der Waals surface area contributed by atoms with Gasteiger partial charge in [-0.2, -0.15) is 0 Å². The lowest BCUT2D eigenvalue weighted by Crippen LogP contribution is -2.31. The monoisotopic (exact) mass is 357 g/mol. The summed E-state index contributed by atoms with van der Waals surface area (Å²) < 4.78 is 5.64. The third kappa shape index (κ3) is 6.46. The molecule has 0 unspecified atom stereocenters. The van der Waals surface area contributed by atoms with E-state index in [-0.39, 0.29) is 11.2 Å². The van der Waals surface area contributed by atoms with Crippen LogP contribution in [0.3, 0.4) is 0 Å². The Bertz CT molecular complexity index is 670. The third-order valence-corrected chi connectivity index (χ3v) is 5.01. The largest absolute Gasteiger partial charge is 0.494 e. The maximum atomic E-state index is 12.2. The van der Waals surface area contributed by atoms with Crippen LogP contribution in [0.25, 0.3) is 0 Å². The van der Waals surface area contributed by atoms with E-state index < -0.39 is 0 Å². The van der Waals surface area contributed by atoms with Crippen LogP contribution in [-0.2, 0) is 11.2 Å². The Balaban J connectivity index is 1.74. The number of ether oxygens (including phenoxy) is 1. The second kappa shape index (κ2) is 10.1. The zero-order chi connectivity index (χ0) is 18.1. The summed E-state index contributed by atoms with van der Waals surface area (Å²) in [5.41, 5.74) is 2.43.